The van der Waals surface area contributed by atoms with Crippen molar-refractivity contribution in [2.45, 2.75) is 57.5 Å². The summed E-state index contributed by atoms with van der Waals surface area (Å²) in [6.45, 7) is 1.94. The Morgan fingerprint density at radius 1 is 0.867 bits per heavy atom. The second-order valence-electron chi connectivity index (χ2n) is 6.93. The molecule has 0 saturated carbocycles. The summed E-state index contributed by atoms with van der Waals surface area (Å²) >= 11 is 0. The molecule has 0 fully saturated rings. The number of carbonyl (C=O) groups excluding carboxylic acids is 3. The Labute approximate surface area is 173 Å². The fraction of sp³-hybridized carbons (Fsp3) is 0.450. The molecule has 10 heteroatoms. The molecular formula is C20H27N3O7. The van der Waals surface area contributed by atoms with Crippen molar-refractivity contribution in [2.24, 2.45) is 5.73 Å². The molecule has 2 atom stereocenters. The van der Waals surface area contributed by atoms with Gasteiger partial charge in [0.2, 0.25) is 17.7 Å². The van der Waals surface area contributed by atoms with E-state index in [-0.39, 0.29) is 25.7 Å². The number of amides is 3. The normalized spacial score (nSPS) is 12.4. The van der Waals surface area contributed by atoms with E-state index in [0.29, 0.717) is 6.42 Å². The molecule has 1 aromatic carbocycles. The molecule has 1 rings (SSSR count). The van der Waals surface area contributed by atoms with Gasteiger partial charge in [-0.15, -0.1) is 0 Å². The number of carboxylic acids is 2. The zero-order valence-corrected chi connectivity index (χ0v) is 16.7. The van der Waals surface area contributed by atoms with Gasteiger partial charge in [0.25, 0.3) is 0 Å². The highest BCUT2D eigenvalue weighted by Gasteiger charge is 2.26. The maximum Gasteiger partial charge on any atom is 0.303 e. The van der Waals surface area contributed by atoms with Crippen LogP contribution in [0.25, 0.3) is 0 Å². The summed E-state index contributed by atoms with van der Waals surface area (Å²) in [5.41, 5.74) is 7.21. The first-order valence-corrected chi connectivity index (χ1v) is 9.46. The van der Waals surface area contributed by atoms with Crippen molar-refractivity contribution in [3.63, 3.8) is 0 Å². The van der Waals surface area contributed by atoms with Crippen molar-refractivity contribution in [1.29, 1.82) is 0 Å². The maximum absolute atomic E-state index is 12.5. The average molecular weight is 421 g/mol. The van der Waals surface area contributed by atoms with Crippen LogP contribution >= 0.6 is 0 Å². The minimum Gasteiger partial charge on any atom is -0.481 e. The molecule has 0 aliphatic heterocycles. The number of hydrogen-bond acceptors (Lipinski definition) is 5. The number of nitrogens with two attached hydrogens (primary N) is 1. The van der Waals surface area contributed by atoms with E-state index in [1.54, 1.807) is 0 Å². The van der Waals surface area contributed by atoms with E-state index in [1.165, 1.54) is 0 Å². The monoisotopic (exact) mass is 421 g/mol. The topological polar surface area (TPSA) is 176 Å². The van der Waals surface area contributed by atoms with Gasteiger partial charge in [0.05, 0.1) is 0 Å². The highest BCUT2D eigenvalue weighted by atomic mass is 16.4. The van der Waals surface area contributed by atoms with Crippen LogP contribution in [0.1, 0.15) is 43.2 Å². The van der Waals surface area contributed by atoms with E-state index >= 15 is 0 Å². The lowest BCUT2D eigenvalue weighted by Gasteiger charge is -2.21. The van der Waals surface area contributed by atoms with Crippen molar-refractivity contribution in [3.05, 3.63) is 35.4 Å². The van der Waals surface area contributed by atoms with E-state index in [2.05, 4.69) is 10.6 Å². The van der Waals surface area contributed by atoms with Crippen LogP contribution in [0.2, 0.25) is 0 Å². The van der Waals surface area contributed by atoms with Gasteiger partial charge < -0.3 is 26.6 Å². The van der Waals surface area contributed by atoms with Crippen molar-refractivity contribution in [1.82, 2.24) is 10.6 Å². The molecule has 10 nitrogen and oxygen atoms in total. The number of benzene rings is 1. The van der Waals surface area contributed by atoms with Gasteiger partial charge in [-0.05, 0) is 31.7 Å². The Hall–Kier alpha value is -3.43. The Balaban J connectivity index is 2.72. The van der Waals surface area contributed by atoms with Crippen LogP contribution in [0.15, 0.2) is 24.3 Å². The highest BCUT2D eigenvalue weighted by molar-refractivity contribution is 5.92. The third kappa shape index (κ3) is 9.67. The lowest BCUT2D eigenvalue weighted by molar-refractivity contribution is -0.139. The van der Waals surface area contributed by atoms with Gasteiger partial charge >= 0.3 is 11.9 Å². The quantitative estimate of drug-likeness (QED) is 0.300. The van der Waals surface area contributed by atoms with Gasteiger partial charge in [-0.25, -0.2) is 0 Å². The second kappa shape index (κ2) is 12.2. The smallest absolute Gasteiger partial charge is 0.303 e. The van der Waals surface area contributed by atoms with Gasteiger partial charge in [-0.1, -0.05) is 29.8 Å². The molecule has 0 saturated heterocycles. The first-order valence-electron chi connectivity index (χ1n) is 9.46. The molecule has 30 heavy (non-hydrogen) atoms. The maximum atomic E-state index is 12.5. The number of aliphatic carboxylic acids is 2. The van der Waals surface area contributed by atoms with Crippen molar-refractivity contribution in [2.75, 3.05) is 0 Å². The standard InChI is InChI=1S/C20H27N3O7/c1-12-2-4-13(5-3-12)6-9-16(24)22-15(8-11-18(27)28)20(30)23-14(19(21)29)7-10-17(25)26/h2-5,14-15H,6-11H2,1H3,(H2,21,29)(H,22,24)(H,23,30)(H,25,26)(H,27,28)/t14-,15?/m0/s1. The third-order valence-corrected chi connectivity index (χ3v) is 4.37. The van der Waals surface area contributed by atoms with Crippen LogP contribution in [-0.2, 0) is 30.4 Å². The summed E-state index contributed by atoms with van der Waals surface area (Å²) in [6.07, 6.45) is -0.672. The first kappa shape index (κ1) is 24.6. The minimum absolute atomic E-state index is 0.0815. The summed E-state index contributed by atoms with van der Waals surface area (Å²) < 4.78 is 0. The molecule has 0 heterocycles. The highest BCUT2D eigenvalue weighted by Crippen LogP contribution is 2.07. The first-order chi connectivity index (χ1) is 14.1. The fourth-order valence-electron chi connectivity index (χ4n) is 2.64. The zero-order valence-electron chi connectivity index (χ0n) is 16.7. The molecule has 6 N–H and O–H groups in total. The van der Waals surface area contributed by atoms with Gasteiger partial charge in [0.15, 0.2) is 0 Å². The largest absolute Gasteiger partial charge is 0.481 e. The molecule has 0 spiro atoms. The van der Waals surface area contributed by atoms with Crippen molar-refractivity contribution >= 4 is 29.7 Å². The van der Waals surface area contributed by atoms with Gasteiger partial charge in [-0.3, -0.25) is 24.0 Å². The SMILES string of the molecule is Cc1ccc(CCC(=O)NC(CCC(=O)O)C(=O)N[C@@H](CCC(=O)O)C(N)=O)cc1. The third-order valence-electron chi connectivity index (χ3n) is 4.37. The molecule has 0 radical (unpaired) electrons. The number of hydrogen-bond donors (Lipinski definition) is 5. The molecule has 1 unspecified atom stereocenters. The summed E-state index contributed by atoms with van der Waals surface area (Å²) in [7, 11) is 0. The zero-order chi connectivity index (χ0) is 22.7. The fourth-order valence-corrected chi connectivity index (χ4v) is 2.64. The van der Waals surface area contributed by atoms with Gasteiger partial charge in [0.1, 0.15) is 12.1 Å². The van der Waals surface area contributed by atoms with E-state index in [0.717, 1.165) is 11.1 Å². The van der Waals surface area contributed by atoms with E-state index in [1.807, 2.05) is 31.2 Å². The van der Waals surface area contributed by atoms with Crippen LogP contribution in [0.3, 0.4) is 0 Å². The summed E-state index contributed by atoms with van der Waals surface area (Å²) in [6, 6.07) is 5.16. The van der Waals surface area contributed by atoms with Crippen LogP contribution < -0.4 is 16.4 Å². The second-order valence-corrected chi connectivity index (χ2v) is 6.93. The van der Waals surface area contributed by atoms with Crippen LogP contribution in [0, 0.1) is 6.92 Å². The number of carbonyl (C=O) groups is 5. The molecule has 164 valence electrons. The summed E-state index contributed by atoms with van der Waals surface area (Å²) in [4.78, 5) is 57.8. The van der Waals surface area contributed by atoms with E-state index < -0.39 is 48.2 Å². The molecule has 0 aliphatic carbocycles. The lowest BCUT2D eigenvalue weighted by atomic mass is 10.1. The molecular weight excluding hydrogens is 394 g/mol. The molecule has 0 bridgehead atoms. The predicted molar refractivity (Wildman–Crippen MR) is 106 cm³/mol. The number of primary amides is 1. The molecule has 0 aromatic heterocycles. The Morgan fingerprint density at radius 2 is 1.40 bits per heavy atom. The van der Waals surface area contributed by atoms with Crippen LogP contribution in [0.5, 0.6) is 0 Å². The Morgan fingerprint density at radius 3 is 1.90 bits per heavy atom. The molecule has 0 aliphatic rings. The Bertz CT molecular complexity index is 777. The average Bonchev–Trinajstić information content (AvgIpc) is 2.67. The van der Waals surface area contributed by atoms with E-state index in [9.17, 15) is 24.0 Å². The van der Waals surface area contributed by atoms with E-state index in [4.69, 9.17) is 15.9 Å². The number of nitrogens with one attached hydrogen (secondary N) is 2. The predicted octanol–water partition coefficient (Wildman–Crippen LogP) is 0.112. The van der Waals surface area contributed by atoms with Crippen LogP contribution in [-0.4, -0.2) is 52.0 Å². The Kier molecular flexibility index (Phi) is 10.0. The number of rotatable bonds is 13. The van der Waals surface area contributed by atoms with Crippen molar-refractivity contribution in [3.8, 4) is 0 Å². The van der Waals surface area contributed by atoms with Crippen molar-refractivity contribution < 1.29 is 34.2 Å². The summed E-state index contributed by atoms with van der Waals surface area (Å²) in [5, 5.41) is 22.4. The number of carboxylic acid groups (broad SMARTS) is 2. The molecule has 3 amide bonds. The van der Waals surface area contributed by atoms with Gasteiger partial charge in [-0.2, -0.15) is 0 Å². The van der Waals surface area contributed by atoms with Crippen LogP contribution in [0.4, 0.5) is 0 Å². The molecule has 1 aromatic rings. The van der Waals surface area contributed by atoms with Gasteiger partial charge in [0, 0.05) is 19.3 Å². The lowest BCUT2D eigenvalue weighted by Crippen LogP contribution is -2.53. The number of aryl methyl sites for hydroxylation is 2. The minimum atomic E-state index is -1.25. The summed E-state index contributed by atoms with van der Waals surface area (Å²) in [5.74, 6) is -4.50.